The van der Waals surface area contributed by atoms with Gasteiger partial charge in [0.25, 0.3) is 0 Å². The molecule has 0 bridgehead atoms. The Kier molecular flexibility index (Phi) is 4.61. The lowest BCUT2D eigenvalue weighted by Crippen LogP contribution is -2.52. The van der Waals surface area contributed by atoms with Crippen molar-refractivity contribution in [1.29, 1.82) is 0 Å². The Labute approximate surface area is 117 Å². The second-order valence-corrected chi connectivity index (χ2v) is 6.00. The standard InChI is InChI=1S/C16H27N3/c1-12-7-13(2)9-15(8-12)16(10-17)19-6-5-18(4)14(3)11-19/h7-9,14,16H,5-6,10-11,17H2,1-4H3. The van der Waals surface area contributed by atoms with Crippen LogP contribution in [0.5, 0.6) is 0 Å². The molecule has 0 radical (unpaired) electrons. The summed E-state index contributed by atoms with van der Waals surface area (Å²) < 4.78 is 0. The van der Waals surface area contributed by atoms with E-state index in [1.54, 1.807) is 0 Å². The Bertz CT molecular complexity index is 410. The molecular formula is C16H27N3. The number of benzene rings is 1. The molecule has 2 atom stereocenters. The second-order valence-electron chi connectivity index (χ2n) is 6.00. The molecule has 19 heavy (non-hydrogen) atoms. The average molecular weight is 261 g/mol. The molecule has 2 unspecified atom stereocenters. The third-order valence-corrected chi connectivity index (χ3v) is 4.28. The second kappa shape index (κ2) is 6.04. The van der Waals surface area contributed by atoms with E-state index in [1.165, 1.54) is 16.7 Å². The SMILES string of the molecule is Cc1cc(C)cc(C(CN)N2CCN(C)C(C)C2)c1. The predicted molar refractivity (Wildman–Crippen MR) is 81.4 cm³/mol. The third-order valence-electron chi connectivity index (χ3n) is 4.28. The van der Waals surface area contributed by atoms with Gasteiger partial charge >= 0.3 is 0 Å². The van der Waals surface area contributed by atoms with Crippen LogP contribution in [0.1, 0.15) is 29.7 Å². The first-order chi connectivity index (χ1) is 9.01. The lowest BCUT2D eigenvalue weighted by molar-refractivity contribution is 0.0741. The molecule has 106 valence electrons. The Hall–Kier alpha value is -0.900. The maximum absolute atomic E-state index is 6.06. The number of hydrogen-bond acceptors (Lipinski definition) is 3. The fourth-order valence-corrected chi connectivity index (χ4v) is 3.06. The van der Waals surface area contributed by atoms with Gasteiger partial charge in [-0.1, -0.05) is 29.3 Å². The average Bonchev–Trinajstić information content (AvgIpc) is 2.33. The van der Waals surface area contributed by atoms with Crippen LogP contribution in [-0.2, 0) is 0 Å². The van der Waals surface area contributed by atoms with E-state index in [9.17, 15) is 0 Å². The molecule has 3 heteroatoms. The molecule has 2 N–H and O–H groups in total. The van der Waals surface area contributed by atoms with E-state index in [0.717, 1.165) is 19.6 Å². The summed E-state index contributed by atoms with van der Waals surface area (Å²) in [5.41, 5.74) is 10.1. The molecule has 2 rings (SSSR count). The number of piperazine rings is 1. The normalized spacial score (nSPS) is 23.5. The van der Waals surface area contributed by atoms with Crippen molar-refractivity contribution in [3.8, 4) is 0 Å². The van der Waals surface area contributed by atoms with Crippen molar-refractivity contribution < 1.29 is 0 Å². The van der Waals surface area contributed by atoms with Gasteiger partial charge in [-0.05, 0) is 33.4 Å². The summed E-state index contributed by atoms with van der Waals surface area (Å²) in [5, 5.41) is 0. The minimum absolute atomic E-state index is 0.356. The van der Waals surface area contributed by atoms with E-state index in [1.807, 2.05) is 0 Å². The topological polar surface area (TPSA) is 32.5 Å². The monoisotopic (exact) mass is 261 g/mol. The van der Waals surface area contributed by atoms with Crippen LogP contribution in [0.3, 0.4) is 0 Å². The number of nitrogens with two attached hydrogens (primary N) is 1. The van der Waals surface area contributed by atoms with Crippen molar-refractivity contribution >= 4 is 0 Å². The molecule has 1 aromatic carbocycles. The minimum atomic E-state index is 0.356. The van der Waals surface area contributed by atoms with Gasteiger partial charge in [0.15, 0.2) is 0 Å². The van der Waals surface area contributed by atoms with Gasteiger partial charge in [0.2, 0.25) is 0 Å². The van der Waals surface area contributed by atoms with E-state index in [-0.39, 0.29) is 0 Å². The molecule has 1 aromatic rings. The molecule has 0 aromatic heterocycles. The number of hydrogen-bond donors (Lipinski definition) is 1. The van der Waals surface area contributed by atoms with Crippen molar-refractivity contribution in [2.45, 2.75) is 32.9 Å². The summed E-state index contributed by atoms with van der Waals surface area (Å²) in [6.07, 6.45) is 0. The summed E-state index contributed by atoms with van der Waals surface area (Å²) in [5.74, 6) is 0. The highest BCUT2D eigenvalue weighted by atomic mass is 15.3. The highest BCUT2D eigenvalue weighted by molar-refractivity contribution is 5.31. The van der Waals surface area contributed by atoms with Gasteiger partial charge in [-0.3, -0.25) is 4.90 Å². The summed E-state index contributed by atoms with van der Waals surface area (Å²) in [7, 11) is 2.20. The number of nitrogens with zero attached hydrogens (tertiary/aromatic N) is 2. The molecule has 1 fully saturated rings. The molecule has 3 nitrogen and oxygen atoms in total. The Balaban J connectivity index is 2.19. The first-order valence-electron chi connectivity index (χ1n) is 7.24. The maximum atomic E-state index is 6.06. The van der Waals surface area contributed by atoms with Gasteiger partial charge in [0.05, 0.1) is 0 Å². The summed E-state index contributed by atoms with van der Waals surface area (Å²) in [6.45, 7) is 10.7. The van der Waals surface area contributed by atoms with Crippen LogP contribution >= 0.6 is 0 Å². The zero-order valence-electron chi connectivity index (χ0n) is 12.7. The van der Waals surface area contributed by atoms with Crippen molar-refractivity contribution in [2.75, 3.05) is 33.2 Å². The molecule has 0 saturated carbocycles. The number of rotatable bonds is 3. The van der Waals surface area contributed by atoms with Gasteiger partial charge in [0, 0.05) is 38.3 Å². The molecule has 0 amide bonds. The third kappa shape index (κ3) is 3.35. The maximum Gasteiger partial charge on any atom is 0.0471 e. The van der Waals surface area contributed by atoms with Crippen LogP contribution in [0.15, 0.2) is 18.2 Å². The fraction of sp³-hybridized carbons (Fsp3) is 0.625. The molecule has 1 aliphatic rings. The Morgan fingerprint density at radius 3 is 2.37 bits per heavy atom. The first kappa shape index (κ1) is 14.5. The Morgan fingerprint density at radius 1 is 1.21 bits per heavy atom. The van der Waals surface area contributed by atoms with Crippen LogP contribution < -0.4 is 5.73 Å². The quantitative estimate of drug-likeness (QED) is 0.902. The van der Waals surface area contributed by atoms with Crippen LogP contribution in [0, 0.1) is 13.8 Å². The van der Waals surface area contributed by atoms with E-state index >= 15 is 0 Å². The molecule has 0 spiro atoms. The van der Waals surface area contributed by atoms with Crippen molar-refractivity contribution in [1.82, 2.24) is 9.80 Å². The highest BCUT2D eigenvalue weighted by Crippen LogP contribution is 2.24. The van der Waals surface area contributed by atoms with Gasteiger partial charge in [0.1, 0.15) is 0 Å². The van der Waals surface area contributed by atoms with Crippen molar-refractivity contribution in [2.24, 2.45) is 5.73 Å². The lowest BCUT2D eigenvalue weighted by Gasteiger charge is -2.41. The zero-order chi connectivity index (χ0) is 14.0. The minimum Gasteiger partial charge on any atom is -0.329 e. The van der Waals surface area contributed by atoms with Crippen LogP contribution in [0.2, 0.25) is 0 Å². The van der Waals surface area contributed by atoms with E-state index in [2.05, 4.69) is 55.8 Å². The van der Waals surface area contributed by atoms with E-state index < -0.39 is 0 Å². The predicted octanol–water partition coefficient (Wildman–Crippen LogP) is 1.94. The summed E-state index contributed by atoms with van der Waals surface area (Å²) in [4.78, 5) is 4.96. The highest BCUT2D eigenvalue weighted by Gasteiger charge is 2.26. The smallest absolute Gasteiger partial charge is 0.0471 e. The van der Waals surface area contributed by atoms with E-state index in [4.69, 9.17) is 5.73 Å². The molecule has 1 aliphatic heterocycles. The molecule has 0 aliphatic carbocycles. The lowest BCUT2D eigenvalue weighted by atomic mass is 9.99. The number of aryl methyl sites for hydroxylation is 2. The fourth-order valence-electron chi connectivity index (χ4n) is 3.06. The zero-order valence-corrected chi connectivity index (χ0v) is 12.7. The van der Waals surface area contributed by atoms with Gasteiger partial charge < -0.3 is 10.6 Å². The molecular weight excluding hydrogens is 234 g/mol. The summed E-state index contributed by atoms with van der Waals surface area (Å²) >= 11 is 0. The van der Waals surface area contributed by atoms with Gasteiger partial charge in [-0.15, -0.1) is 0 Å². The van der Waals surface area contributed by atoms with Crippen LogP contribution in [0.4, 0.5) is 0 Å². The van der Waals surface area contributed by atoms with Crippen molar-refractivity contribution in [3.05, 3.63) is 34.9 Å². The van der Waals surface area contributed by atoms with E-state index in [0.29, 0.717) is 18.6 Å². The first-order valence-corrected chi connectivity index (χ1v) is 7.24. The van der Waals surface area contributed by atoms with Crippen LogP contribution in [0.25, 0.3) is 0 Å². The summed E-state index contributed by atoms with van der Waals surface area (Å²) in [6, 6.07) is 7.76. The van der Waals surface area contributed by atoms with Crippen LogP contribution in [-0.4, -0.2) is 49.1 Å². The van der Waals surface area contributed by atoms with Gasteiger partial charge in [-0.2, -0.15) is 0 Å². The largest absolute Gasteiger partial charge is 0.329 e. The molecule has 1 heterocycles. The van der Waals surface area contributed by atoms with Gasteiger partial charge in [-0.25, -0.2) is 0 Å². The Morgan fingerprint density at radius 2 is 1.84 bits per heavy atom. The van der Waals surface area contributed by atoms with Crippen molar-refractivity contribution in [3.63, 3.8) is 0 Å². The number of likely N-dealkylation sites (N-methyl/N-ethyl adjacent to an activating group) is 1. The molecule has 1 saturated heterocycles.